The number of benzene rings is 3. The van der Waals surface area contributed by atoms with E-state index < -0.39 is 0 Å². The zero-order chi connectivity index (χ0) is 17.1. The van der Waals surface area contributed by atoms with Crippen LogP contribution in [-0.4, -0.2) is 16.3 Å². The third kappa shape index (κ3) is 2.88. The zero-order valence-corrected chi connectivity index (χ0v) is 13.5. The Morgan fingerprint density at radius 2 is 1.32 bits per heavy atom. The molecule has 3 nitrogen and oxygen atoms in total. The highest BCUT2D eigenvalue weighted by atomic mass is 16.1. The largest absolute Gasteiger partial charge is 0.337 e. The maximum atomic E-state index is 11.4. The van der Waals surface area contributed by atoms with Crippen molar-refractivity contribution in [2.24, 2.45) is 0 Å². The van der Waals surface area contributed by atoms with Crippen molar-refractivity contribution in [2.75, 3.05) is 0 Å². The van der Waals surface area contributed by atoms with Crippen LogP contribution in [-0.2, 0) is 0 Å². The Kier molecular flexibility index (Phi) is 3.97. The molecule has 0 unspecified atom stereocenters. The second-order valence-corrected chi connectivity index (χ2v) is 5.75. The smallest absolute Gasteiger partial charge is 0.150 e. The fraction of sp³-hybridized carbons (Fsp3) is 0. The van der Waals surface area contributed by atoms with Gasteiger partial charge in [-0.15, -0.1) is 0 Å². The molecule has 0 atom stereocenters. The van der Waals surface area contributed by atoms with Crippen LogP contribution in [0.4, 0.5) is 0 Å². The van der Waals surface area contributed by atoms with Crippen LogP contribution < -0.4 is 0 Å². The first kappa shape index (κ1) is 15.1. The summed E-state index contributed by atoms with van der Waals surface area (Å²) in [4.78, 5) is 19.6. The topological polar surface area (TPSA) is 45.8 Å². The maximum Gasteiger partial charge on any atom is 0.150 e. The molecular formula is C22H16N2O. The molecule has 1 N–H and O–H groups in total. The number of H-pyrrole nitrogens is 1. The Balaban J connectivity index is 1.94. The SMILES string of the molecule is O=Cc1ccccc1-c1nc(-c2ccccc2)c(-c2ccccc2)[nH]1. The highest BCUT2D eigenvalue weighted by molar-refractivity contribution is 5.88. The van der Waals surface area contributed by atoms with E-state index in [1.165, 1.54) is 0 Å². The molecule has 4 aromatic rings. The number of carbonyl (C=O) groups excluding carboxylic acids is 1. The summed E-state index contributed by atoms with van der Waals surface area (Å²) in [6.45, 7) is 0. The quantitative estimate of drug-likeness (QED) is 0.523. The fourth-order valence-corrected chi connectivity index (χ4v) is 2.93. The minimum atomic E-state index is 0.621. The van der Waals surface area contributed by atoms with Gasteiger partial charge in [-0.1, -0.05) is 84.9 Å². The first-order valence-electron chi connectivity index (χ1n) is 8.12. The minimum absolute atomic E-state index is 0.621. The number of hydrogen-bond donors (Lipinski definition) is 1. The Morgan fingerprint density at radius 1 is 0.720 bits per heavy atom. The molecule has 0 amide bonds. The molecule has 0 aliphatic heterocycles. The van der Waals surface area contributed by atoms with E-state index >= 15 is 0 Å². The van der Waals surface area contributed by atoms with Crippen LogP contribution in [0.2, 0.25) is 0 Å². The number of nitrogens with zero attached hydrogens (tertiary/aromatic N) is 1. The van der Waals surface area contributed by atoms with Crippen LogP contribution in [0.1, 0.15) is 10.4 Å². The molecule has 0 saturated heterocycles. The first-order chi connectivity index (χ1) is 12.4. The molecular weight excluding hydrogens is 308 g/mol. The summed E-state index contributed by atoms with van der Waals surface area (Å²) in [5.41, 5.74) is 5.34. The third-order valence-corrected chi connectivity index (χ3v) is 4.16. The average Bonchev–Trinajstić information content (AvgIpc) is 3.14. The molecule has 0 bridgehead atoms. The van der Waals surface area contributed by atoms with Crippen LogP contribution in [0.15, 0.2) is 84.9 Å². The molecule has 3 aromatic carbocycles. The van der Waals surface area contributed by atoms with Gasteiger partial charge in [-0.25, -0.2) is 4.98 Å². The van der Waals surface area contributed by atoms with Crippen LogP contribution in [0.3, 0.4) is 0 Å². The lowest BCUT2D eigenvalue weighted by molar-refractivity contribution is 0.112. The van der Waals surface area contributed by atoms with Crippen molar-refractivity contribution in [1.82, 2.24) is 9.97 Å². The van der Waals surface area contributed by atoms with Crippen LogP contribution in [0.25, 0.3) is 33.9 Å². The van der Waals surface area contributed by atoms with Gasteiger partial charge < -0.3 is 4.98 Å². The summed E-state index contributed by atoms with van der Waals surface area (Å²) >= 11 is 0. The number of carbonyl (C=O) groups is 1. The van der Waals surface area contributed by atoms with Gasteiger partial charge in [-0.2, -0.15) is 0 Å². The molecule has 1 heterocycles. The van der Waals surface area contributed by atoms with E-state index in [4.69, 9.17) is 4.98 Å². The van der Waals surface area contributed by atoms with Crippen LogP contribution in [0, 0.1) is 0 Å². The van der Waals surface area contributed by atoms with Crippen molar-refractivity contribution >= 4 is 6.29 Å². The predicted molar refractivity (Wildman–Crippen MR) is 100 cm³/mol. The van der Waals surface area contributed by atoms with Gasteiger partial charge in [0, 0.05) is 22.3 Å². The van der Waals surface area contributed by atoms with Crippen molar-refractivity contribution in [1.29, 1.82) is 0 Å². The van der Waals surface area contributed by atoms with E-state index in [1.807, 2.05) is 66.7 Å². The average molecular weight is 324 g/mol. The maximum absolute atomic E-state index is 11.4. The van der Waals surface area contributed by atoms with Gasteiger partial charge in [-0.05, 0) is 0 Å². The van der Waals surface area contributed by atoms with E-state index in [1.54, 1.807) is 6.07 Å². The molecule has 3 heteroatoms. The lowest BCUT2D eigenvalue weighted by Crippen LogP contribution is -1.88. The van der Waals surface area contributed by atoms with Gasteiger partial charge in [0.25, 0.3) is 0 Å². The number of aromatic amines is 1. The van der Waals surface area contributed by atoms with E-state index in [0.29, 0.717) is 11.4 Å². The van der Waals surface area contributed by atoms with Crippen molar-refractivity contribution in [3.05, 3.63) is 90.5 Å². The second-order valence-electron chi connectivity index (χ2n) is 5.75. The third-order valence-electron chi connectivity index (χ3n) is 4.16. The van der Waals surface area contributed by atoms with Crippen LogP contribution in [0.5, 0.6) is 0 Å². The molecule has 120 valence electrons. The number of aromatic nitrogens is 2. The zero-order valence-electron chi connectivity index (χ0n) is 13.5. The molecule has 0 aliphatic rings. The Morgan fingerprint density at radius 3 is 2.00 bits per heavy atom. The Bertz CT molecular complexity index is 948. The molecule has 0 fully saturated rings. The van der Waals surface area contributed by atoms with Gasteiger partial charge in [0.05, 0.1) is 11.4 Å². The van der Waals surface area contributed by atoms with Crippen molar-refractivity contribution in [3.63, 3.8) is 0 Å². The fourth-order valence-electron chi connectivity index (χ4n) is 2.93. The highest BCUT2D eigenvalue weighted by Crippen LogP contribution is 2.33. The molecule has 0 aliphatic carbocycles. The first-order valence-corrected chi connectivity index (χ1v) is 8.12. The summed E-state index contributed by atoms with van der Waals surface area (Å²) in [6, 6.07) is 27.6. The van der Waals surface area contributed by atoms with Gasteiger partial charge in [-0.3, -0.25) is 4.79 Å². The number of hydrogen-bond acceptors (Lipinski definition) is 2. The lowest BCUT2D eigenvalue weighted by atomic mass is 10.1. The molecule has 0 spiro atoms. The summed E-state index contributed by atoms with van der Waals surface area (Å²) in [6.07, 6.45) is 0.863. The summed E-state index contributed by atoms with van der Waals surface area (Å²) in [5.74, 6) is 0.695. The standard InChI is InChI=1S/C22H16N2O/c25-15-18-13-7-8-14-19(18)22-23-20(16-9-3-1-4-10-16)21(24-22)17-11-5-2-6-12-17/h1-15H,(H,23,24). The predicted octanol–water partition coefficient (Wildman–Crippen LogP) is 5.22. The van der Waals surface area contributed by atoms with E-state index in [9.17, 15) is 4.79 Å². The molecule has 4 rings (SSSR count). The Hall–Kier alpha value is -3.46. The molecule has 1 aromatic heterocycles. The van der Waals surface area contributed by atoms with Gasteiger partial charge in [0.2, 0.25) is 0 Å². The molecule has 25 heavy (non-hydrogen) atoms. The van der Waals surface area contributed by atoms with Crippen LogP contribution >= 0.6 is 0 Å². The second kappa shape index (κ2) is 6.57. The number of aldehydes is 1. The van der Waals surface area contributed by atoms with Crippen molar-refractivity contribution in [3.8, 4) is 33.9 Å². The highest BCUT2D eigenvalue weighted by Gasteiger charge is 2.16. The van der Waals surface area contributed by atoms with Gasteiger partial charge >= 0.3 is 0 Å². The summed E-state index contributed by atoms with van der Waals surface area (Å²) in [5, 5.41) is 0. The summed E-state index contributed by atoms with van der Waals surface area (Å²) in [7, 11) is 0. The number of rotatable bonds is 4. The van der Waals surface area contributed by atoms with Gasteiger partial charge in [0.1, 0.15) is 5.82 Å². The normalized spacial score (nSPS) is 10.6. The lowest BCUT2D eigenvalue weighted by Gasteiger charge is -2.02. The molecule has 0 saturated carbocycles. The van der Waals surface area contributed by atoms with Gasteiger partial charge in [0.15, 0.2) is 6.29 Å². The van der Waals surface area contributed by atoms with E-state index in [0.717, 1.165) is 34.4 Å². The van der Waals surface area contributed by atoms with Crippen molar-refractivity contribution < 1.29 is 4.79 Å². The number of imidazole rings is 1. The van der Waals surface area contributed by atoms with Crippen molar-refractivity contribution in [2.45, 2.75) is 0 Å². The Labute approximate surface area is 146 Å². The molecule has 0 radical (unpaired) electrons. The monoisotopic (exact) mass is 324 g/mol. The van der Waals surface area contributed by atoms with E-state index in [2.05, 4.69) is 17.1 Å². The van der Waals surface area contributed by atoms with E-state index in [-0.39, 0.29) is 0 Å². The number of nitrogens with one attached hydrogen (secondary N) is 1. The minimum Gasteiger partial charge on any atom is -0.337 e. The summed E-state index contributed by atoms with van der Waals surface area (Å²) < 4.78 is 0.